The summed E-state index contributed by atoms with van der Waals surface area (Å²) in [5.41, 5.74) is 0.556. The normalized spacial score (nSPS) is 10.8. The number of amides is 2. The molecule has 0 atom stereocenters. The van der Waals surface area contributed by atoms with E-state index in [0.29, 0.717) is 5.69 Å². The van der Waals surface area contributed by atoms with Gasteiger partial charge in [0.1, 0.15) is 6.29 Å². The third kappa shape index (κ3) is 5.17. The lowest BCUT2D eigenvalue weighted by Crippen LogP contribution is -2.29. The molecule has 0 fully saturated rings. The van der Waals surface area contributed by atoms with Gasteiger partial charge in [0.15, 0.2) is 0 Å². The van der Waals surface area contributed by atoms with E-state index in [9.17, 15) is 9.36 Å². The Morgan fingerprint density at radius 3 is 2.40 bits per heavy atom. The first kappa shape index (κ1) is 11.7. The summed E-state index contributed by atoms with van der Waals surface area (Å²) in [5.74, 6) is 0. The van der Waals surface area contributed by atoms with Crippen molar-refractivity contribution in [3.05, 3.63) is 30.3 Å². The molecule has 1 rings (SSSR count). The molecule has 0 unspecified atom stereocenters. The largest absolute Gasteiger partial charge is 0.344 e. The highest BCUT2D eigenvalue weighted by atomic mass is 31.2. The zero-order chi connectivity index (χ0) is 11.3. The van der Waals surface area contributed by atoms with E-state index in [1.54, 1.807) is 30.3 Å². The van der Waals surface area contributed by atoms with E-state index < -0.39 is 19.9 Å². The highest BCUT2D eigenvalue weighted by Crippen LogP contribution is 2.31. The topological polar surface area (TPSA) is 98.7 Å². The highest BCUT2D eigenvalue weighted by molar-refractivity contribution is 7.51. The number of carbonyl (C=O) groups excluding carboxylic acids is 1. The first-order chi connectivity index (χ1) is 6.97. The van der Waals surface area contributed by atoms with Gasteiger partial charge >= 0.3 is 13.6 Å². The number of carbonyl (C=O) groups is 1. The number of nitrogens with one attached hydrogen (secondary N) is 2. The number of urea groups is 1. The van der Waals surface area contributed by atoms with Crippen molar-refractivity contribution in [2.75, 3.05) is 11.6 Å². The van der Waals surface area contributed by atoms with Crippen LogP contribution >= 0.6 is 7.60 Å². The highest BCUT2D eigenvalue weighted by Gasteiger charge is 2.13. The summed E-state index contributed by atoms with van der Waals surface area (Å²) in [6.45, 7) is 0. The van der Waals surface area contributed by atoms with Crippen LogP contribution in [0.4, 0.5) is 10.5 Å². The van der Waals surface area contributed by atoms with Gasteiger partial charge in [0.2, 0.25) is 0 Å². The average molecular weight is 230 g/mol. The van der Waals surface area contributed by atoms with Gasteiger partial charge in [-0.1, -0.05) is 18.2 Å². The van der Waals surface area contributed by atoms with Gasteiger partial charge in [-0.3, -0.25) is 4.57 Å². The summed E-state index contributed by atoms with van der Waals surface area (Å²) in [6.07, 6.45) is -0.675. The van der Waals surface area contributed by atoms with Crippen LogP contribution in [-0.2, 0) is 4.57 Å². The van der Waals surface area contributed by atoms with Gasteiger partial charge < -0.3 is 20.4 Å². The summed E-state index contributed by atoms with van der Waals surface area (Å²) in [6, 6.07) is 7.94. The maximum absolute atomic E-state index is 11.1. The molecule has 0 radical (unpaired) electrons. The third-order valence-corrected chi connectivity index (χ3v) is 2.05. The minimum atomic E-state index is -4.20. The number of hydrogen-bond acceptors (Lipinski definition) is 2. The third-order valence-electron chi connectivity index (χ3n) is 1.48. The molecule has 2 amide bonds. The maximum Gasteiger partial charge on any atom is 0.344 e. The summed E-state index contributed by atoms with van der Waals surface area (Å²) in [7, 11) is -4.20. The molecule has 0 aliphatic heterocycles. The van der Waals surface area contributed by atoms with Crippen LogP contribution < -0.4 is 10.6 Å². The van der Waals surface area contributed by atoms with Crippen LogP contribution in [-0.4, -0.2) is 22.1 Å². The lowest BCUT2D eigenvalue weighted by atomic mass is 10.3. The van der Waals surface area contributed by atoms with Gasteiger partial charge in [-0.15, -0.1) is 0 Å². The lowest BCUT2D eigenvalue weighted by molar-refractivity contribution is 0.252. The Morgan fingerprint density at radius 1 is 1.27 bits per heavy atom. The maximum atomic E-state index is 11.1. The average Bonchev–Trinajstić information content (AvgIpc) is 2.15. The second kappa shape index (κ2) is 4.93. The molecule has 0 aliphatic carbocycles. The number of anilines is 1. The van der Waals surface area contributed by atoms with Gasteiger partial charge in [0.25, 0.3) is 0 Å². The van der Waals surface area contributed by atoms with Crippen LogP contribution in [0.3, 0.4) is 0 Å². The Kier molecular flexibility index (Phi) is 3.85. The molecule has 6 nitrogen and oxygen atoms in total. The summed E-state index contributed by atoms with van der Waals surface area (Å²) in [5, 5.41) is 4.48. The Hall–Kier alpha value is -1.36. The molecule has 0 spiro atoms. The zero-order valence-electron chi connectivity index (χ0n) is 7.75. The van der Waals surface area contributed by atoms with Crippen LogP contribution in [0.1, 0.15) is 0 Å². The molecule has 0 aliphatic rings. The molecule has 15 heavy (non-hydrogen) atoms. The van der Waals surface area contributed by atoms with Crippen LogP contribution in [0.25, 0.3) is 0 Å². The minimum Gasteiger partial charge on any atom is -0.326 e. The minimum absolute atomic E-state index is 0.556. The standard InChI is InChI=1S/C8H11N2O4P/c11-8(9-6-15(12,13)14)10-7-4-2-1-3-5-7/h1-5H,6H2,(H2,9,10,11)(H2,12,13,14). The number of hydrogen-bond donors (Lipinski definition) is 4. The van der Waals surface area contributed by atoms with E-state index in [1.165, 1.54) is 0 Å². The molecule has 0 saturated heterocycles. The molecule has 7 heteroatoms. The Balaban J connectivity index is 2.41. The summed E-state index contributed by atoms with van der Waals surface area (Å²) < 4.78 is 10.4. The first-order valence-corrected chi connectivity index (χ1v) is 5.91. The molecule has 0 heterocycles. The zero-order valence-corrected chi connectivity index (χ0v) is 8.65. The van der Waals surface area contributed by atoms with Crippen LogP contribution in [0.2, 0.25) is 0 Å². The van der Waals surface area contributed by atoms with Gasteiger partial charge in [-0.05, 0) is 12.1 Å². The molecule has 1 aromatic rings. The van der Waals surface area contributed by atoms with Crippen molar-refractivity contribution in [1.82, 2.24) is 5.32 Å². The van der Waals surface area contributed by atoms with Crippen molar-refractivity contribution >= 4 is 19.3 Å². The predicted molar refractivity (Wildman–Crippen MR) is 55.5 cm³/mol. The van der Waals surface area contributed by atoms with E-state index in [0.717, 1.165) is 0 Å². The van der Waals surface area contributed by atoms with E-state index in [2.05, 4.69) is 10.6 Å². The molecule has 0 bridgehead atoms. The van der Waals surface area contributed by atoms with Crippen molar-refractivity contribution in [3.8, 4) is 0 Å². The van der Waals surface area contributed by atoms with E-state index in [4.69, 9.17) is 9.79 Å². The fourth-order valence-corrected chi connectivity index (χ4v) is 1.22. The van der Waals surface area contributed by atoms with Crippen molar-refractivity contribution < 1.29 is 19.1 Å². The fourth-order valence-electron chi connectivity index (χ4n) is 0.872. The van der Waals surface area contributed by atoms with Crippen LogP contribution in [0.5, 0.6) is 0 Å². The Bertz CT molecular complexity index is 375. The van der Waals surface area contributed by atoms with Crippen molar-refractivity contribution in [3.63, 3.8) is 0 Å². The molecule has 0 aromatic heterocycles. The number of rotatable bonds is 3. The molecular weight excluding hydrogens is 219 g/mol. The Labute approximate surface area is 86.5 Å². The molecular formula is C8H11N2O4P. The van der Waals surface area contributed by atoms with Crippen molar-refractivity contribution in [2.24, 2.45) is 0 Å². The quantitative estimate of drug-likeness (QED) is 0.581. The van der Waals surface area contributed by atoms with Gasteiger partial charge in [0.05, 0.1) is 0 Å². The van der Waals surface area contributed by atoms with Gasteiger partial charge in [0, 0.05) is 5.69 Å². The van der Waals surface area contributed by atoms with Crippen LogP contribution in [0, 0.1) is 0 Å². The Morgan fingerprint density at radius 2 is 1.87 bits per heavy atom. The molecule has 1 aromatic carbocycles. The molecule has 0 saturated carbocycles. The number of para-hydroxylation sites is 1. The predicted octanol–water partition coefficient (Wildman–Crippen LogP) is 0.943. The van der Waals surface area contributed by atoms with Crippen molar-refractivity contribution in [2.45, 2.75) is 0 Å². The van der Waals surface area contributed by atoms with Gasteiger partial charge in [-0.25, -0.2) is 4.79 Å². The van der Waals surface area contributed by atoms with E-state index in [1.807, 2.05) is 0 Å². The second-order valence-corrected chi connectivity index (χ2v) is 4.47. The van der Waals surface area contributed by atoms with E-state index in [-0.39, 0.29) is 0 Å². The fraction of sp³-hybridized carbons (Fsp3) is 0.125. The molecule has 82 valence electrons. The smallest absolute Gasteiger partial charge is 0.326 e. The summed E-state index contributed by atoms with van der Waals surface area (Å²) >= 11 is 0. The van der Waals surface area contributed by atoms with Crippen molar-refractivity contribution in [1.29, 1.82) is 0 Å². The van der Waals surface area contributed by atoms with E-state index >= 15 is 0 Å². The first-order valence-electron chi connectivity index (χ1n) is 4.12. The second-order valence-electron chi connectivity index (χ2n) is 2.82. The number of benzene rings is 1. The molecule has 4 N–H and O–H groups in total. The SMILES string of the molecule is O=C(NCP(=O)(O)O)Nc1ccccc1. The van der Waals surface area contributed by atoms with Gasteiger partial charge in [-0.2, -0.15) is 0 Å². The lowest BCUT2D eigenvalue weighted by Gasteiger charge is -2.07. The summed E-state index contributed by atoms with van der Waals surface area (Å²) in [4.78, 5) is 28.1. The van der Waals surface area contributed by atoms with Crippen LogP contribution in [0.15, 0.2) is 30.3 Å². The monoisotopic (exact) mass is 230 g/mol.